The fourth-order valence-electron chi connectivity index (χ4n) is 0.748. The van der Waals surface area contributed by atoms with E-state index in [4.69, 9.17) is 4.74 Å². The minimum absolute atomic E-state index is 0.202. The van der Waals surface area contributed by atoms with E-state index in [2.05, 4.69) is 10.6 Å². The Morgan fingerprint density at radius 2 is 1.80 bits per heavy atom. The first-order valence-corrected chi connectivity index (χ1v) is 5.07. The molecule has 88 valence electrons. The van der Waals surface area contributed by atoms with Gasteiger partial charge in [0.2, 0.25) is 0 Å². The molecule has 0 unspecified atom stereocenters. The second-order valence-electron chi connectivity index (χ2n) is 4.17. The molecule has 2 N–H and O–H groups in total. The first-order chi connectivity index (χ1) is 6.88. The summed E-state index contributed by atoms with van der Waals surface area (Å²) in [6, 6.07) is -0.246. The summed E-state index contributed by atoms with van der Waals surface area (Å²) in [5, 5.41) is 5.14. The van der Waals surface area contributed by atoms with Gasteiger partial charge >= 0.3 is 12.0 Å². The van der Waals surface area contributed by atoms with Crippen molar-refractivity contribution in [3.8, 4) is 0 Å². The number of amides is 2. The molecule has 0 aromatic rings. The molecule has 0 aliphatic carbocycles. The summed E-state index contributed by atoms with van der Waals surface area (Å²) in [6.07, 6.45) is 0. The van der Waals surface area contributed by atoms with Gasteiger partial charge in [0.25, 0.3) is 0 Å². The number of ether oxygens (including phenoxy) is 1. The molecule has 0 saturated heterocycles. The molecule has 0 spiro atoms. The lowest BCUT2D eigenvalue weighted by Gasteiger charge is -2.16. The van der Waals surface area contributed by atoms with Gasteiger partial charge in [-0.3, -0.25) is 4.79 Å². The van der Waals surface area contributed by atoms with Crippen molar-refractivity contribution < 1.29 is 14.3 Å². The molecule has 0 aromatic carbocycles. The number of esters is 1. The molecule has 0 aliphatic heterocycles. The summed E-state index contributed by atoms with van der Waals surface area (Å²) in [5.74, 6) is -0.264. The molecule has 0 heterocycles. The van der Waals surface area contributed by atoms with Crippen LogP contribution < -0.4 is 10.6 Å². The van der Waals surface area contributed by atoms with Crippen LogP contribution in [0.3, 0.4) is 0 Å². The number of rotatable bonds is 4. The first-order valence-electron chi connectivity index (χ1n) is 5.07. The summed E-state index contributed by atoms with van der Waals surface area (Å²) < 4.78 is 4.95. The number of hydrogen-bond acceptors (Lipinski definition) is 3. The zero-order valence-corrected chi connectivity index (χ0v) is 9.85. The SMILES string of the molecule is CCNC(=O)NCCOC(=O)C(C)(C)C. The number of carbonyl (C=O) groups excluding carboxylic acids is 2. The van der Waals surface area contributed by atoms with Crippen LogP contribution in [0.2, 0.25) is 0 Å². The highest BCUT2D eigenvalue weighted by atomic mass is 16.5. The highest BCUT2D eigenvalue weighted by Crippen LogP contribution is 2.14. The summed E-state index contributed by atoms with van der Waals surface area (Å²) in [7, 11) is 0. The largest absolute Gasteiger partial charge is 0.463 e. The second-order valence-corrected chi connectivity index (χ2v) is 4.17. The summed E-state index contributed by atoms with van der Waals surface area (Å²) in [4.78, 5) is 22.2. The van der Waals surface area contributed by atoms with E-state index in [1.165, 1.54) is 0 Å². The van der Waals surface area contributed by atoms with Gasteiger partial charge in [0.05, 0.1) is 12.0 Å². The Morgan fingerprint density at radius 1 is 1.20 bits per heavy atom. The molecule has 0 bridgehead atoms. The fourth-order valence-corrected chi connectivity index (χ4v) is 0.748. The van der Waals surface area contributed by atoms with Crippen molar-refractivity contribution in [2.45, 2.75) is 27.7 Å². The Hall–Kier alpha value is -1.26. The van der Waals surface area contributed by atoms with Crippen molar-refractivity contribution in [1.29, 1.82) is 0 Å². The lowest BCUT2D eigenvalue weighted by atomic mass is 9.97. The second kappa shape index (κ2) is 6.27. The molecule has 0 rings (SSSR count). The van der Waals surface area contributed by atoms with Gasteiger partial charge in [0, 0.05) is 6.54 Å². The lowest BCUT2D eigenvalue weighted by molar-refractivity contribution is -0.152. The van der Waals surface area contributed by atoms with E-state index in [9.17, 15) is 9.59 Å². The van der Waals surface area contributed by atoms with Crippen molar-refractivity contribution in [2.75, 3.05) is 19.7 Å². The van der Waals surface area contributed by atoms with E-state index >= 15 is 0 Å². The molecule has 0 aromatic heterocycles. The van der Waals surface area contributed by atoms with Gasteiger partial charge in [-0.1, -0.05) is 0 Å². The Bertz CT molecular complexity index is 221. The third-order valence-electron chi connectivity index (χ3n) is 1.57. The summed E-state index contributed by atoms with van der Waals surface area (Å²) in [6.45, 7) is 8.29. The molecule has 0 saturated carbocycles. The third-order valence-corrected chi connectivity index (χ3v) is 1.57. The fraction of sp³-hybridized carbons (Fsp3) is 0.800. The van der Waals surface area contributed by atoms with Gasteiger partial charge in [-0.2, -0.15) is 0 Å². The van der Waals surface area contributed by atoms with Gasteiger partial charge < -0.3 is 15.4 Å². The van der Waals surface area contributed by atoms with Crippen LogP contribution >= 0.6 is 0 Å². The zero-order chi connectivity index (χ0) is 11.9. The van der Waals surface area contributed by atoms with Crippen LogP contribution in [-0.2, 0) is 9.53 Å². The van der Waals surface area contributed by atoms with Crippen LogP contribution in [0.15, 0.2) is 0 Å². The maximum Gasteiger partial charge on any atom is 0.314 e. The van der Waals surface area contributed by atoms with Gasteiger partial charge in [0.1, 0.15) is 6.61 Å². The Labute approximate surface area is 90.6 Å². The molecule has 2 amide bonds. The van der Waals surface area contributed by atoms with Crippen LogP contribution in [0, 0.1) is 5.41 Å². The van der Waals surface area contributed by atoms with Crippen molar-refractivity contribution in [1.82, 2.24) is 10.6 Å². The summed E-state index contributed by atoms with van der Waals surface area (Å²) in [5.41, 5.74) is -0.494. The number of nitrogens with one attached hydrogen (secondary N) is 2. The molecule has 0 radical (unpaired) electrons. The molecular weight excluding hydrogens is 196 g/mol. The minimum Gasteiger partial charge on any atom is -0.463 e. The highest BCUT2D eigenvalue weighted by Gasteiger charge is 2.22. The highest BCUT2D eigenvalue weighted by molar-refractivity contribution is 5.75. The third kappa shape index (κ3) is 6.76. The number of urea groups is 1. The van der Waals surface area contributed by atoms with Crippen LogP contribution in [0.25, 0.3) is 0 Å². The predicted octanol–water partition coefficient (Wildman–Crippen LogP) is 0.895. The zero-order valence-electron chi connectivity index (χ0n) is 9.85. The molecular formula is C10H20N2O3. The van der Waals surface area contributed by atoms with Crippen LogP contribution in [0.5, 0.6) is 0 Å². The topological polar surface area (TPSA) is 67.4 Å². The molecule has 5 heteroatoms. The van der Waals surface area contributed by atoms with Crippen molar-refractivity contribution in [3.63, 3.8) is 0 Å². The molecule has 0 atom stereocenters. The molecule has 15 heavy (non-hydrogen) atoms. The standard InChI is InChI=1S/C10H20N2O3/c1-5-11-9(14)12-6-7-15-8(13)10(2,3)4/h5-7H2,1-4H3,(H2,11,12,14). The van der Waals surface area contributed by atoms with Gasteiger partial charge in [0.15, 0.2) is 0 Å². The lowest BCUT2D eigenvalue weighted by Crippen LogP contribution is -2.37. The predicted molar refractivity (Wildman–Crippen MR) is 57.5 cm³/mol. The van der Waals surface area contributed by atoms with E-state index < -0.39 is 5.41 Å². The van der Waals surface area contributed by atoms with E-state index in [0.29, 0.717) is 13.1 Å². The van der Waals surface area contributed by atoms with Crippen molar-refractivity contribution in [3.05, 3.63) is 0 Å². The monoisotopic (exact) mass is 216 g/mol. The van der Waals surface area contributed by atoms with Crippen molar-refractivity contribution >= 4 is 12.0 Å². The van der Waals surface area contributed by atoms with Gasteiger partial charge in [-0.15, -0.1) is 0 Å². The number of hydrogen-bond donors (Lipinski definition) is 2. The average Bonchev–Trinajstić information content (AvgIpc) is 2.11. The number of carbonyl (C=O) groups is 2. The van der Waals surface area contributed by atoms with Crippen LogP contribution in [0.1, 0.15) is 27.7 Å². The maximum atomic E-state index is 11.3. The molecule has 5 nitrogen and oxygen atoms in total. The summed E-state index contributed by atoms with van der Waals surface area (Å²) >= 11 is 0. The maximum absolute atomic E-state index is 11.3. The van der Waals surface area contributed by atoms with Crippen LogP contribution in [0.4, 0.5) is 4.79 Å². The van der Waals surface area contributed by atoms with Crippen molar-refractivity contribution in [2.24, 2.45) is 5.41 Å². The Balaban J connectivity index is 3.55. The van der Waals surface area contributed by atoms with Crippen LogP contribution in [-0.4, -0.2) is 31.7 Å². The Morgan fingerprint density at radius 3 is 2.27 bits per heavy atom. The average molecular weight is 216 g/mol. The van der Waals surface area contributed by atoms with E-state index in [1.54, 1.807) is 20.8 Å². The molecule has 0 aliphatic rings. The molecule has 0 fully saturated rings. The Kier molecular flexibility index (Phi) is 5.74. The van der Waals surface area contributed by atoms with E-state index in [1.807, 2.05) is 6.92 Å². The first kappa shape index (κ1) is 13.7. The normalized spacial score (nSPS) is 10.7. The van der Waals surface area contributed by atoms with Gasteiger partial charge in [-0.05, 0) is 27.7 Å². The van der Waals surface area contributed by atoms with E-state index in [0.717, 1.165) is 0 Å². The quantitative estimate of drug-likeness (QED) is 0.542. The smallest absolute Gasteiger partial charge is 0.314 e. The van der Waals surface area contributed by atoms with Gasteiger partial charge in [-0.25, -0.2) is 4.79 Å². The minimum atomic E-state index is -0.494. The van der Waals surface area contributed by atoms with E-state index in [-0.39, 0.29) is 18.6 Å².